The largest absolute Gasteiger partial charge is 0.413 e. The summed E-state index contributed by atoms with van der Waals surface area (Å²) in [6.07, 6.45) is 2.73. The minimum atomic E-state index is -2.01. The van der Waals surface area contributed by atoms with Gasteiger partial charge in [0.25, 0.3) is 0 Å². The number of aliphatic hydroxyl groups is 1. The van der Waals surface area contributed by atoms with Crippen LogP contribution in [0.4, 0.5) is 0 Å². The fourth-order valence-corrected chi connectivity index (χ4v) is 6.81. The number of hydrogen-bond acceptors (Lipinski definition) is 6. The van der Waals surface area contributed by atoms with Crippen molar-refractivity contribution in [2.24, 2.45) is 5.92 Å². The summed E-state index contributed by atoms with van der Waals surface area (Å²) in [5.41, 5.74) is 2.46. The van der Waals surface area contributed by atoms with Gasteiger partial charge in [0.2, 0.25) is 0 Å². The van der Waals surface area contributed by atoms with Crippen molar-refractivity contribution in [3.8, 4) is 0 Å². The molecular weight excluding hydrogens is 541 g/mol. The Labute approximate surface area is 235 Å². The summed E-state index contributed by atoms with van der Waals surface area (Å²) in [5, 5.41) is 13.8. The van der Waals surface area contributed by atoms with Crippen LogP contribution < -0.4 is 0 Å². The lowest BCUT2D eigenvalue weighted by Gasteiger charge is -2.36. The fourth-order valence-electron chi connectivity index (χ4n) is 5.47. The Hall–Kier alpha value is -1.52. The highest BCUT2D eigenvalue weighted by molar-refractivity contribution is 6.74. The fraction of sp³-hybridized carbons (Fsp3) is 0.571. The van der Waals surface area contributed by atoms with Gasteiger partial charge in [-0.15, -0.1) is 0 Å². The summed E-state index contributed by atoms with van der Waals surface area (Å²) in [6.45, 7) is 15.3. The quantitative estimate of drug-likeness (QED) is 0.249. The molecule has 3 aromatic rings. The van der Waals surface area contributed by atoms with Gasteiger partial charge in [-0.2, -0.15) is 0 Å². The van der Waals surface area contributed by atoms with E-state index in [2.05, 4.69) is 48.4 Å². The van der Waals surface area contributed by atoms with E-state index in [4.69, 9.17) is 37.1 Å². The van der Waals surface area contributed by atoms with E-state index < -0.39 is 20.2 Å². The summed E-state index contributed by atoms with van der Waals surface area (Å²) < 4.78 is 21.4. The molecule has 2 aliphatic rings. The van der Waals surface area contributed by atoms with Crippen molar-refractivity contribution in [3.63, 3.8) is 0 Å². The van der Waals surface area contributed by atoms with E-state index >= 15 is 0 Å². The second-order valence-electron chi connectivity index (χ2n) is 12.5. The molecule has 1 N–H and O–H groups in total. The van der Waals surface area contributed by atoms with Gasteiger partial charge >= 0.3 is 0 Å². The van der Waals surface area contributed by atoms with Crippen LogP contribution in [0.25, 0.3) is 11.0 Å². The average Bonchev–Trinajstić information content (AvgIpc) is 3.48. The van der Waals surface area contributed by atoms with Crippen molar-refractivity contribution in [3.05, 3.63) is 58.1 Å². The molecule has 10 heteroatoms. The molecule has 1 aliphatic heterocycles. The van der Waals surface area contributed by atoms with Crippen LogP contribution in [0.3, 0.4) is 0 Å². The SMILES string of the molecule is CC1(C)O[C@@H]2[C@@H](C(O)c3ccc(Cl)cc3CO[Si](C)(C)C(C)(C)C)CC(n3ccc4c(Cl)ncnc43)[C@@H]2O1. The van der Waals surface area contributed by atoms with Crippen LogP contribution in [0, 0.1) is 5.92 Å². The van der Waals surface area contributed by atoms with Crippen molar-refractivity contribution >= 4 is 42.6 Å². The molecule has 5 atom stereocenters. The number of benzene rings is 1. The van der Waals surface area contributed by atoms with Crippen LogP contribution >= 0.6 is 23.2 Å². The second kappa shape index (κ2) is 9.84. The van der Waals surface area contributed by atoms with E-state index in [0.717, 1.165) is 22.2 Å². The molecule has 0 bridgehead atoms. The van der Waals surface area contributed by atoms with Gasteiger partial charge in [-0.25, -0.2) is 9.97 Å². The van der Waals surface area contributed by atoms with Gasteiger partial charge < -0.3 is 23.6 Å². The lowest BCUT2D eigenvalue weighted by Crippen LogP contribution is -2.40. The Morgan fingerprint density at radius 1 is 1.16 bits per heavy atom. The smallest absolute Gasteiger partial charge is 0.192 e. The Morgan fingerprint density at radius 2 is 1.87 bits per heavy atom. The highest BCUT2D eigenvalue weighted by Gasteiger charge is 2.56. The molecule has 1 aromatic carbocycles. The average molecular weight is 579 g/mol. The third-order valence-corrected chi connectivity index (χ3v) is 13.5. The van der Waals surface area contributed by atoms with Crippen molar-refractivity contribution in [2.75, 3.05) is 0 Å². The number of fused-ring (bicyclic) bond motifs is 2. The first-order chi connectivity index (χ1) is 17.7. The van der Waals surface area contributed by atoms with Gasteiger partial charge in [0.15, 0.2) is 14.1 Å². The van der Waals surface area contributed by atoms with E-state index in [-0.39, 0.29) is 29.2 Å². The minimum absolute atomic E-state index is 0.0723. The summed E-state index contributed by atoms with van der Waals surface area (Å²) in [4.78, 5) is 8.61. The lowest BCUT2D eigenvalue weighted by molar-refractivity contribution is -0.165. The number of ether oxygens (including phenoxy) is 2. The van der Waals surface area contributed by atoms with Crippen molar-refractivity contribution < 1.29 is 19.0 Å². The monoisotopic (exact) mass is 577 g/mol. The number of rotatable bonds is 6. The first-order valence-corrected chi connectivity index (χ1v) is 16.8. The molecule has 0 amide bonds. The first-order valence-electron chi connectivity index (χ1n) is 13.1. The van der Waals surface area contributed by atoms with Crippen molar-refractivity contribution in [1.29, 1.82) is 0 Å². The van der Waals surface area contributed by atoms with Crippen LogP contribution in [0.15, 0.2) is 36.8 Å². The molecule has 1 saturated heterocycles. The Kier molecular flexibility index (Phi) is 7.25. The molecule has 0 radical (unpaired) electrons. The van der Waals surface area contributed by atoms with E-state index in [1.165, 1.54) is 6.33 Å². The Morgan fingerprint density at radius 3 is 2.58 bits per heavy atom. The molecule has 5 rings (SSSR count). The van der Waals surface area contributed by atoms with Gasteiger partial charge in [0.05, 0.1) is 30.2 Å². The van der Waals surface area contributed by atoms with E-state index in [1.54, 1.807) is 0 Å². The molecule has 0 spiro atoms. The summed E-state index contributed by atoms with van der Waals surface area (Å²) in [6, 6.07) is 7.48. The van der Waals surface area contributed by atoms with Gasteiger partial charge in [0.1, 0.15) is 23.2 Å². The topological polar surface area (TPSA) is 78.6 Å². The normalized spacial score (nSPS) is 26.2. The predicted molar refractivity (Wildman–Crippen MR) is 152 cm³/mol. The van der Waals surface area contributed by atoms with Crippen molar-refractivity contribution in [2.45, 2.75) is 95.9 Å². The highest BCUT2D eigenvalue weighted by atomic mass is 35.5. The van der Waals surface area contributed by atoms with Gasteiger partial charge in [0, 0.05) is 17.1 Å². The maximum absolute atomic E-state index is 11.9. The summed E-state index contributed by atoms with van der Waals surface area (Å²) >= 11 is 12.7. The summed E-state index contributed by atoms with van der Waals surface area (Å²) in [7, 11) is -2.01. The molecular formula is C28H37Cl2N3O4Si. The van der Waals surface area contributed by atoms with Crippen LogP contribution in [0.5, 0.6) is 0 Å². The number of halogens is 2. The minimum Gasteiger partial charge on any atom is -0.413 e. The molecule has 7 nitrogen and oxygen atoms in total. The third-order valence-electron chi connectivity index (χ3n) is 8.52. The maximum Gasteiger partial charge on any atom is 0.192 e. The van der Waals surface area contributed by atoms with E-state index in [0.29, 0.717) is 23.2 Å². The molecule has 2 aromatic heterocycles. The van der Waals surface area contributed by atoms with E-state index in [9.17, 15) is 5.11 Å². The lowest BCUT2D eigenvalue weighted by atomic mass is 9.89. The zero-order valence-corrected chi connectivity index (χ0v) is 25.5. The van der Waals surface area contributed by atoms with Crippen LogP contribution in [0.2, 0.25) is 28.3 Å². The zero-order chi connectivity index (χ0) is 27.6. The maximum atomic E-state index is 11.9. The predicted octanol–water partition coefficient (Wildman–Crippen LogP) is 7.07. The summed E-state index contributed by atoms with van der Waals surface area (Å²) in [5.74, 6) is -0.982. The van der Waals surface area contributed by atoms with Crippen LogP contribution in [0.1, 0.15) is 64.3 Å². The first kappa shape index (κ1) is 28.0. The van der Waals surface area contributed by atoms with Crippen molar-refractivity contribution in [1.82, 2.24) is 14.5 Å². The Balaban J connectivity index is 1.48. The highest BCUT2D eigenvalue weighted by Crippen LogP contribution is 2.52. The molecule has 1 aliphatic carbocycles. The molecule has 2 unspecified atom stereocenters. The van der Waals surface area contributed by atoms with Crippen LogP contribution in [-0.2, 0) is 20.5 Å². The number of hydrogen-bond donors (Lipinski definition) is 1. The molecule has 3 heterocycles. The van der Waals surface area contributed by atoms with E-state index in [1.807, 2.05) is 44.3 Å². The number of aliphatic hydroxyl groups excluding tert-OH is 1. The Bertz CT molecular complexity index is 1340. The third kappa shape index (κ3) is 5.05. The number of nitrogens with zero attached hydrogens (tertiary/aromatic N) is 3. The number of aromatic nitrogens is 3. The molecule has 2 fully saturated rings. The van der Waals surface area contributed by atoms with Gasteiger partial charge in [-0.05, 0) is 67.7 Å². The second-order valence-corrected chi connectivity index (χ2v) is 18.1. The van der Waals surface area contributed by atoms with Gasteiger partial charge in [-0.3, -0.25) is 0 Å². The van der Waals surface area contributed by atoms with Crippen LogP contribution in [-0.4, -0.2) is 46.0 Å². The zero-order valence-electron chi connectivity index (χ0n) is 23.0. The molecule has 1 saturated carbocycles. The molecule has 206 valence electrons. The standard InChI is InChI=1S/C28H37Cl2N3O4Si/c1-27(2,3)38(6,7)35-14-16-12-17(29)8-9-18(16)22(34)20-13-21(24-23(20)36-28(4,5)37-24)33-11-10-19-25(30)31-15-32-26(19)33/h8-12,15,20-24,34H,13-14H2,1-7H3/t20-,21?,22?,23-,24+/m1/s1. The van der Waals surface area contributed by atoms with Gasteiger partial charge in [-0.1, -0.05) is 50.0 Å². The molecule has 38 heavy (non-hydrogen) atoms.